The van der Waals surface area contributed by atoms with E-state index in [2.05, 4.69) is 142 Å². The molecule has 0 aromatic carbocycles. The minimum absolute atomic E-state index is 0.155. The van der Waals surface area contributed by atoms with E-state index >= 15 is 0 Å². The molecule has 64 heavy (non-hydrogen) atoms. The molecule has 0 aliphatic heterocycles. The van der Waals surface area contributed by atoms with E-state index in [1.807, 2.05) is 48.6 Å². The van der Waals surface area contributed by atoms with Crippen molar-refractivity contribution in [1.82, 2.24) is 0 Å². The molecule has 0 aromatic heterocycles. The highest BCUT2D eigenvalue weighted by atomic mass is 16.6. The van der Waals surface area contributed by atoms with Crippen molar-refractivity contribution in [3.05, 3.63) is 170 Å². The number of carbonyl (C=O) groups excluding carboxylic acids is 3. The Morgan fingerprint density at radius 1 is 0.328 bits per heavy atom. The zero-order chi connectivity index (χ0) is 46.5. The lowest BCUT2D eigenvalue weighted by Crippen LogP contribution is -2.30. The van der Waals surface area contributed by atoms with Gasteiger partial charge in [-0.2, -0.15) is 0 Å². The summed E-state index contributed by atoms with van der Waals surface area (Å²) in [4.78, 5) is 37.9. The molecule has 0 fully saturated rings. The number of carbonyl (C=O) groups is 3. The second-order valence-corrected chi connectivity index (χ2v) is 15.0. The average molecular weight is 877 g/mol. The molecule has 0 saturated heterocycles. The highest BCUT2D eigenvalue weighted by molar-refractivity contribution is 5.71. The third kappa shape index (κ3) is 47.8. The third-order valence-electron chi connectivity index (χ3n) is 9.06. The maximum Gasteiger partial charge on any atom is 0.306 e. The first kappa shape index (κ1) is 58.8. The highest BCUT2D eigenvalue weighted by Crippen LogP contribution is 2.09. The molecule has 0 spiro atoms. The van der Waals surface area contributed by atoms with E-state index in [0.29, 0.717) is 19.3 Å². The van der Waals surface area contributed by atoms with Gasteiger partial charge in [-0.15, -0.1) is 0 Å². The standard InChI is InChI=1S/C58H84O6/c1-4-7-10-13-16-19-22-25-27-29-31-33-36-39-42-45-48-51-57(60)63-54-55(53-62-56(59)50-47-44-41-38-35-32-24-21-18-15-12-9-6-3)64-58(61)52-49-46-43-40-37-34-30-28-26-23-20-17-14-11-8-5-2/h7-12,15-21,24-28,31-35,37,39,42-43,46,55H,4-6,13-14,22-23,29-30,36,38,40-41,44-45,47-54H2,1-3H3/b10-7+,11-8+,12-9+,18-15+,19-16+,20-17+,24-21+,27-25+,28-26+,33-31+,35-32+,37-34+,42-39+,46-43+. The molecule has 0 rings (SSSR count). The van der Waals surface area contributed by atoms with Gasteiger partial charge in [-0.25, -0.2) is 0 Å². The van der Waals surface area contributed by atoms with Gasteiger partial charge in [-0.3, -0.25) is 14.4 Å². The molecular formula is C58H84O6. The number of unbranched alkanes of at least 4 members (excludes halogenated alkanes) is 4. The summed E-state index contributed by atoms with van der Waals surface area (Å²) in [6, 6.07) is 0. The fraction of sp³-hybridized carbons (Fsp3) is 0.466. The molecule has 0 radical (unpaired) electrons. The summed E-state index contributed by atoms with van der Waals surface area (Å²) in [6.07, 6.45) is 75.0. The summed E-state index contributed by atoms with van der Waals surface area (Å²) in [5.41, 5.74) is 0. The fourth-order valence-corrected chi connectivity index (χ4v) is 5.53. The van der Waals surface area contributed by atoms with Gasteiger partial charge >= 0.3 is 17.9 Å². The van der Waals surface area contributed by atoms with Gasteiger partial charge in [-0.1, -0.05) is 197 Å². The predicted octanol–water partition coefficient (Wildman–Crippen LogP) is 16.0. The molecule has 1 atom stereocenters. The van der Waals surface area contributed by atoms with Crippen LogP contribution in [0.3, 0.4) is 0 Å². The van der Waals surface area contributed by atoms with Crippen LogP contribution in [0.1, 0.15) is 156 Å². The first-order valence-corrected chi connectivity index (χ1v) is 24.2. The molecule has 352 valence electrons. The minimum Gasteiger partial charge on any atom is -0.462 e. The van der Waals surface area contributed by atoms with Crippen LogP contribution in [0, 0.1) is 0 Å². The van der Waals surface area contributed by atoms with Crippen molar-refractivity contribution in [2.24, 2.45) is 0 Å². The van der Waals surface area contributed by atoms with Crippen molar-refractivity contribution in [2.75, 3.05) is 13.2 Å². The number of esters is 3. The molecule has 6 heteroatoms. The van der Waals surface area contributed by atoms with Gasteiger partial charge in [0.1, 0.15) is 13.2 Å². The summed E-state index contributed by atoms with van der Waals surface area (Å²) >= 11 is 0. The highest BCUT2D eigenvalue weighted by Gasteiger charge is 2.19. The zero-order valence-corrected chi connectivity index (χ0v) is 40.0. The Labute approximate surface area is 390 Å². The van der Waals surface area contributed by atoms with Crippen LogP contribution in [0.4, 0.5) is 0 Å². The Morgan fingerprint density at radius 2 is 0.688 bits per heavy atom. The van der Waals surface area contributed by atoms with E-state index in [1.165, 1.54) is 0 Å². The summed E-state index contributed by atoms with van der Waals surface area (Å²) in [6.45, 7) is 6.07. The lowest BCUT2D eigenvalue weighted by atomic mass is 10.1. The topological polar surface area (TPSA) is 78.9 Å². The van der Waals surface area contributed by atoms with Gasteiger partial charge in [-0.05, 0) is 109 Å². The molecule has 1 unspecified atom stereocenters. The molecule has 0 aliphatic carbocycles. The number of ether oxygens (including phenoxy) is 3. The first-order chi connectivity index (χ1) is 31.5. The maximum absolute atomic E-state index is 12.7. The summed E-state index contributed by atoms with van der Waals surface area (Å²) in [7, 11) is 0. The number of rotatable bonds is 40. The normalized spacial score (nSPS) is 13.6. The second-order valence-electron chi connectivity index (χ2n) is 15.0. The summed E-state index contributed by atoms with van der Waals surface area (Å²) < 4.78 is 16.6. The molecule has 0 aliphatic rings. The third-order valence-corrected chi connectivity index (χ3v) is 9.06. The number of allylic oxidation sites excluding steroid dienone is 28. The smallest absolute Gasteiger partial charge is 0.306 e. The Hall–Kier alpha value is -5.23. The minimum atomic E-state index is -0.865. The molecule has 0 N–H and O–H groups in total. The van der Waals surface area contributed by atoms with E-state index in [0.717, 1.165) is 96.3 Å². The quantitative estimate of drug-likeness (QED) is 0.0201. The van der Waals surface area contributed by atoms with E-state index in [1.54, 1.807) is 0 Å². The van der Waals surface area contributed by atoms with Crippen molar-refractivity contribution in [2.45, 2.75) is 162 Å². The number of hydrogen-bond acceptors (Lipinski definition) is 6. The molecule has 0 heterocycles. The van der Waals surface area contributed by atoms with Crippen LogP contribution in [0.25, 0.3) is 0 Å². The molecular weight excluding hydrogens is 793 g/mol. The fourth-order valence-electron chi connectivity index (χ4n) is 5.53. The van der Waals surface area contributed by atoms with Crippen LogP contribution >= 0.6 is 0 Å². The lowest BCUT2D eigenvalue weighted by molar-refractivity contribution is -0.166. The Kier molecular flexibility index (Phi) is 46.3. The monoisotopic (exact) mass is 877 g/mol. The first-order valence-electron chi connectivity index (χ1n) is 24.2. The zero-order valence-electron chi connectivity index (χ0n) is 40.0. The van der Waals surface area contributed by atoms with Crippen LogP contribution in [0.5, 0.6) is 0 Å². The van der Waals surface area contributed by atoms with Crippen molar-refractivity contribution in [1.29, 1.82) is 0 Å². The molecule has 0 aromatic rings. The molecule has 0 amide bonds. The Balaban J connectivity index is 4.70. The second kappa shape index (κ2) is 50.4. The van der Waals surface area contributed by atoms with Crippen molar-refractivity contribution in [3.8, 4) is 0 Å². The van der Waals surface area contributed by atoms with Crippen LogP contribution in [0.2, 0.25) is 0 Å². The van der Waals surface area contributed by atoms with E-state index in [9.17, 15) is 14.4 Å². The Bertz CT molecular complexity index is 1570. The van der Waals surface area contributed by atoms with Gasteiger partial charge in [0.25, 0.3) is 0 Å². The number of hydrogen-bond donors (Lipinski definition) is 0. The SMILES string of the molecule is CC/C=C/C=C/C=C/C=C/CCCCCC(=O)OCC(COC(=O)CCC/C=C/C/C=C/C/C=C/C/C=C/C/C=C/CC)OC(=O)CC/C=C/C/C=C/C/C=C/C/C=C/C/C=C/CC. The van der Waals surface area contributed by atoms with Crippen molar-refractivity contribution in [3.63, 3.8) is 0 Å². The summed E-state index contributed by atoms with van der Waals surface area (Å²) in [5.74, 6) is -1.15. The molecule has 0 saturated carbocycles. The van der Waals surface area contributed by atoms with Gasteiger partial charge < -0.3 is 14.2 Å². The lowest BCUT2D eigenvalue weighted by Gasteiger charge is -2.18. The van der Waals surface area contributed by atoms with Crippen LogP contribution < -0.4 is 0 Å². The van der Waals surface area contributed by atoms with Crippen LogP contribution in [-0.4, -0.2) is 37.2 Å². The average Bonchev–Trinajstić information content (AvgIpc) is 3.29. The largest absolute Gasteiger partial charge is 0.462 e. The van der Waals surface area contributed by atoms with Gasteiger partial charge in [0.15, 0.2) is 6.10 Å². The van der Waals surface area contributed by atoms with E-state index in [-0.39, 0.29) is 44.4 Å². The van der Waals surface area contributed by atoms with Gasteiger partial charge in [0.2, 0.25) is 0 Å². The van der Waals surface area contributed by atoms with Crippen LogP contribution in [0.15, 0.2) is 170 Å². The van der Waals surface area contributed by atoms with E-state index in [4.69, 9.17) is 14.2 Å². The molecule has 6 nitrogen and oxygen atoms in total. The van der Waals surface area contributed by atoms with Crippen molar-refractivity contribution < 1.29 is 28.6 Å². The van der Waals surface area contributed by atoms with Crippen LogP contribution in [-0.2, 0) is 28.6 Å². The van der Waals surface area contributed by atoms with Crippen molar-refractivity contribution >= 4 is 17.9 Å². The molecule has 0 bridgehead atoms. The van der Waals surface area contributed by atoms with E-state index < -0.39 is 12.1 Å². The summed E-state index contributed by atoms with van der Waals surface area (Å²) in [5, 5.41) is 0. The predicted molar refractivity (Wildman–Crippen MR) is 274 cm³/mol. The van der Waals surface area contributed by atoms with Gasteiger partial charge in [0.05, 0.1) is 0 Å². The van der Waals surface area contributed by atoms with Gasteiger partial charge in [0, 0.05) is 19.3 Å². The Morgan fingerprint density at radius 3 is 1.14 bits per heavy atom. The maximum atomic E-state index is 12.7.